The van der Waals surface area contributed by atoms with Crippen LogP contribution in [0, 0.1) is 19.8 Å². The Balaban J connectivity index is 1.71. The zero-order valence-electron chi connectivity index (χ0n) is 11.8. The lowest BCUT2D eigenvalue weighted by Gasteiger charge is -2.42. The number of benzene rings is 1. The summed E-state index contributed by atoms with van der Waals surface area (Å²) >= 11 is 0. The van der Waals surface area contributed by atoms with Crippen molar-refractivity contribution in [3.63, 3.8) is 0 Å². The highest BCUT2D eigenvalue weighted by atomic mass is 16.1. The Labute approximate surface area is 115 Å². The molecule has 3 aliphatic heterocycles. The zero-order chi connectivity index (χ0) is 13.4. The number of aryl methyl sites for hydroxylation is 2. The fraction of sp³-hybridized carbons (Fsp3) is 0.562. The molecule has 3 fully saturated rings. The number of carbonyl (C=O) groups is 1. The van der Waals surface area contributed by atoms with E-state index in [1.165, 1.54) is 25.9 Å². The van der Waals surface area contributed by atoms with Crippen LogP contribution in [0.1, 0.15) is 34.3 Å². The van der Waals surface area contributed by atoms with Gasteiger partial charge in [0.2, 0.25) is 0 Å². The molecule has 1 aromatic carbocycles. The first-order valence-electron chi connectivity index (χ1n) is 7.34. The number of hydrogen-bond donors (Lipinski definition) is 2. The monoisotopic (exact) mass is 259 g/mol. The molecule has 2 N–H and O–H groups in total. The van der Waals surface area contributed by atoms with Gasteiger partial charge in [0.25, 0.3) is 5.91 Å². The molecule has 0 spiro atoms. The van der Waals surface area contributed by atoms with Crippen LogP contribution >= 0.6 is 0 Å². The standard InChI is InChI=1S/C16H22N2O/c1-11-7-12(2)9-14(8-11)16(19)17-15-10-18-5-3-13(15)4-6-18/h7-9,13,15H,3-6,10H2,1-2H3,(H,17,19)/p+1. The third-order valence-electron chi connectivity index (χ3n) is 4.62. The van der Waals surface area contributed by atoms with Crippen LogP contribution in [-0.4, -0.2) is 31.6 Å². The molecule has 102 valence electrons. The van der Waals surface area contributed by atoms with Crippen molar-refractivity contribution in [2.75, 3.05) is 19.6 Å². The smallest absolute Gasteiger partial charge is 0.251 e. The van der Waals surface area contributed by atoms with E-state index in [4.69, 9.17) is 0 Å². The highest BCUT2D eigenvalue weighted by Crippen LogP contribution is 2.19. The minimum atomic E-state index is 0.102. The number of carbonyl (C=O) groups excluding carboxylic acids is 1. The molecule has 1 unspecified atom stereocenters. The van der Waals surface area contributed by atoms with Gasteiger partial charge in [-0.1, -0.05) is 17.2 Å². The predicted octanol–water partition coefficient (Wildman–Crippen LogP) is 0.710. The summed E-state index contributed by atoms with van der Waals surface area (Å²) in [5.74, 6) is 0.803. The van der Waals surface area contributed by atoms with Crippen molar-refractivity contribution in [2.24, 2.45) is 5.92 Å². The van der Waals surface area contributed by atoms with Gasteiger partial charge in [-0.15, -0.1) is 0 Å². The van der Waals surface area contributed by atoms with Gasteiger partial charge in [-0.25, -0.2) is 0 Å². The number of piperidine rings is 3. The first-order valence-corrected chi connectivity index (χ1v) is 7.34. The number of rotatable bonds is 2. The molecule has 0 saturated carbocycles. The van der Waals surface area contributed by atoms with E-state index in [2.05, 4.69) is 11.4 Å². The summed E-state index contributed by atoms with van der Waals surface area (Å²) in [5, 5.41) is 3.26. The molecule has 0 aliphatic carbocycles. The van der Waals surface area contributed by atoms with E-state index >= 15 is 0 Å². The third-order valence-corrected chi connectivity index (χ3v) is 4.62. The van der Waals surface area contributed by atoms with E-state index in [0.29, 0.717) is 12.0 Å². The fourth-order valence-corrected chi connectivity index (χ4v) is 3.66. The molecule has 3 nitrogen and oxygen atoms in total. The molecule has 0 radical (unpaired) electrons. The van der Waals surface area contributed by atoms with Crippen molar-refractivity contribution in [3.8, 4) is 0 Å². The second-order valence-corrected chi connectivity index (χ2v) is 6.25. The first-order chi connectivity index (χ1) is 9.11. The molecule has 1 aromatic rings. The molecule has 1 amide bonds. The first kappa shape index (κ1) is 12.7. The van der Waals surface area contributed by atoms with Crippen molar-refractivity contribution >= 4 is 5.91 Å². The summed E-state index contributed by atoms with van der Waals surface area (Å²) in [4.78, 5) is 14.0. The summed E-state index contributed by atoms with van der Waals surface area (Å²) in [7, 11) is 0. The molecule has 0 aromatic heterocycles. The van der Waals surface area contributed by atoms with Gasteiger partial charge in [-0.3, -0.25) is 4.79 Å². The van der Waals surface area contributed by atoms with Crippen LogP contribution in [0.15, 0.2) is 18.2 Å². The average molecular weight is 259 g/mol. The largest absolute Gasteiger partial charge is 0.343 e. The molecule has 3 saturated heterocycles. The Morgan fingerprint density at radius 3 is 2.32 bits per heavy atom. The molecule has 1 atom stereocenters. The predicted molar refractivity (Wildman–Crippen MR) is 75.5 cm³/mol. The molecule has 19 heavy (non-hydrogen) atoms. The minimum absolute atomic E-state index is 0.102. The summed E-state index contributed by atoms with van der Waals surface area (Å²) in [6.07, 6.45) is 2.54. The van der Waals surface area contributed by atoms with Crippen LogP contribution in [0.5, 0.6) is 0 Å². The number of amides is 1. The Kier molecular flexibility index (Phi) is 3.31. The molecule has 2 bridgehead atoms. The van der Waals surface area contributed by atoms with Crippen LogP contribution in [-0.2, 0) is 0 Å². The summed E-state index contributed by atoms with van der Waals surface area (Å²) < 4.78 is 0. The fourth-order valence-electron chi connectivity index (χ4n) is 3.66. The van der Waals surface area contributed by atoms with Gasteiger partial charge in [-0.2, -0.15) is 0 Å². The van der Waals surface area contributed by atoms with E-state index in [1.807, 2.05) is 26.0 Å². The highest BCUT2D eigenvalue weighted by molar-refractivity contribution is 5.94. The summed E-state index contributed by atoms with van der Waals surface area (Å²) in [5.41, 5.74) is 3.12. The van der Waals surface area contributed by atoms with Crippen LogP contribution in [0.3, 0.4) is 0 Å². The van der Waals surface area contributed by atoms with E-state index < -0.39 is 0 Å². The molecular weight excluding hydrogens is 236 g/mol. The van der Waals surface area contributed by atoms with E-state index in [0.717, 1.165) is 23.2 Å². The van der Waals surface area contributed by atoms with Gasteiger partial charge < -0.3 is 10.2 Å². The number of hydrogen-bond acceptors (Lipinski definition) is 1. The van der Waals surface area contributed by atoms with Crippen LogP contribution in [0.25, 0.3) is 0 Å². The number of fused-ring (bicyclic) bond motifs is 3. The second kappa shape index (κ2) is 4.97. The number of nitrogens with one attached hydrogen (secondary N) is 2. The van der Waals surface area contributed by atoms with Crippen molar-refractivity contribution < 1.29 is 9.69 Å². The highest BCUT2D eigenvalue weighted by Gasteiger charge is 2.38. The van der Waals surface area contributed by atoms with Gasteiger partial charge in [-0.05, 0) is 31.9 Å². The quantitative estimate of drug-likeness (QED) is 0.806. The lowest BCUT2D eigenvalue weighted by molar-refractivity contribution is -0.917. The lowest BCUT2D eigenvalue weighted by atomic mass is 9.84. The van der Waals surface area contributed by atoms with Crippen molar-refractivity contribution in [3.05, 3.63) is 34.9 Å². The van der Waals surface area contributed by atoms with Crippen LogP contribution in [0.2, 0.25) is 0 Å². The molecule has 3 heteroatoms. The molecule has 3 heterocycles. The van der Waals surface area contributed by atoms with Crippen molar-refractivity contribution in [2.45, 2.75) is 32.7 Å². The van der Waals surface area contributed by atoms with Crippen LogP contribution in [0.4, 0.5) is 0 Å². The van der Waals surface area contributed by atoms with Crippen LogP contribution < -0.4 is 10.2 Å². The van der Waals surface area contributed by atoms with Gasteiger partial charge >= 0.3 is 0 Å². The van der Waals surface area contributed by atoms with Crippen molar-refractivity contribution in [1.82, 2.24) is 5.32 Å². The maximum atomic E-state index is 12.4. The van der Waals surface area contributed by atoms with E-state index in [9.17, 15) is 4.79 Å². The lowest BCUT2D eigenvalue weighted by Crippen LogP contribution is -3.17. The Morgan fingerprint density at radius 1 is 1.16 bits per heavy atom. The zero-order valence-corrected chi connectivity index (χ0v) is 11.8. The summed E-state index contributed by atoms with van der Waals surface area (Å²) in [6, 6.07) is 6.45. The maximum absolute atomic E-state index is 12.4. The maximum Gasteiger partial charge on any atom is 0.251 e. The topological polar surface area (TPSA) is 33.5 Å². The SMILES string of the molecule is Cc1cc(C)cc(C(=O)NC2C[NH+]3CCC2CC3)c1. The Bertz CT molecular complexity index is 469. The van der Waals surface area contributed by atoms with Gasteiger partial charge in [0.1, 0.15) is 0 Å². The summed E-state index contributed by atoms with van der Waals surface area (Å²) in [6.45, 7) is 7.78. The minimum Gasteiger partial charge on any atom is -0.343 e. The van der Waals surface area contributed by atoms with E-state index in [1.54, 1.807) is 4.90 Å². The van der Waals surface area contributed by atoms with Gasteiger partial charge in [0.15, 0.2) is 0 Å². The molecule has 3 aliphatic rings. The third kappa shape index (κ3) is 2.66. The second-order valence-electron chi connectivity index (χ2n) is 6.25. The molecular formula is C16H23N2O+. The van der Waals surface area contributed by atoms with E-state index in [-0.39, 0.29) is 5.91 Å². The average Bonchev–Trinajstić information content (AvgIpc) is 2.39. The van der Waals surface area contributed by atoms with Crippen molar-refractivity contribution in [1.29, 1.82) is 0 Å². The normalized spacial score (nSPS) is 29.3. The number of quaternary nitrogens is 1. The van der Waals surface area contributed by atoms with Gasteiger partial charge in [0, 0.05) is 18.4 Å². The van der Waals surface area contributed by atoms with Gasteiger partial charge in [0.05, 0.1) is 25.7 Å². The molecule has 4 rings (SSSR count). The Hall–Kier alpha value is -1.35. The Morgan fingerprint density at radius 2 is 1.79 bits per heavy atom.